The molecule has 0 spiro atoms. The highest BCUT2D eigenvalue weighted by molar-refractivity contribution is 7.90. The second kappa shape index (κ2) is 7.14. The van der Waals surface area contributed by atoms with Crippen molar-refractivity contribution in [2.24, 2.45) is 0 Å². The van der Waals surface area contributed by atoms with E-state index in [-0.39, 0.29) is 26.4 Å². The van der Waals surface area contributed by atoms with E-state index in [1.165, 1.54) is 30.3 Å². The Hall–Kier alpha value is -2.29. The summed E-state index contributed by atoms with van der Waals surface area (Å²) in [6.07, 6.45) is 1.05. The van der Waals surface area contributed by atoms with E-state index in [0.717, 1.165) is 17.6 Å². The minimum Gasteiger partial charge on any atom is -0.298 e. The molecule has 0 saturated carbocycles. The zero-order valence-electron chi connectivity index (χ0n) is 13.4. The molecule has 0 unspecified atom stereocenters. The summed E-state index contributed by atoms with van der Waals surface area (Å²) >= 11 is 7.17. The highest BCUT2D eigenvalue weighted by Crippen LogP contribution is 2.27. The Labute approximate surface area is 158 Å². The van der Waals surface area contributed by atoms with Crippen LogP contribution in [0.25, 0.3) is 11.3 Å². The van der Waals surface area contributed by atoms with Gasteiger partial charge in [-0.3, -0.25) is 10.1 Å². The van der Waals surface area contributed by atoms with Gasteiger partial charge in [0.1, 0.15) is 5.82 Å². The van der Waals surface area contributed by atoms with Gasteiger partial charge in [0.05, 0.1) is 21.2 Å². The third-order valence-corrected chi connectivity index (χ3v) is 5.65. The molecule has 9 heteroatoms. The first-order chi connectivity index (χ1) is 12.2. The first-order valence-corrected chi connectivity index (χ1v) is 10.4. The molecule has 1 aromatic heterocycles. The third-order valence-electron chi connectivity index (χ3n) is 3.46. The number of amides is 1. The fraction of sp³-hybridized carbons (Fsp3) is 0.0588. The van der Waals surface area contributed by atoms with E-state index < -0.39 is 15.7 Å². The predicted octanol–water partition coefficient (Wildman–Crippen LogP) is 4.26. The smallest absolute Gasteiger partial charge is 0.259 e. The van der Waals surface area contributed by atoms with Crippen molar-refractivity contribution < 1.29 is 17.6 Å². The average Bonchev–Trinajstić information content (AvgIpc) is 3.02. The van der Waals surface area contributed by atoms with E-state index in [4.69, 9.17) is 11.6 Å². The summed E-state index contributed by atoms with van der Waals surface area (Å²) in [6, 6.07) is 9.85. The number of benzene rings is 2. The normalized spacial score (nSPS) is 11.3. The quantitative estimate of drug-likeness (QED) is 0.697. The van der Waals surface area contributed by atoms with Crippen molar-refractivity contribution in [1.82, 2.24) is 4.98 Å². The summed E-state index contributed by atoms with van der Waals surface area (Å²) in [5.74, 6) is -0.967. The molecule has 0 bridgehead atoms. The number of anilines is 1. The summed E-state index contributed by atoms with van der Waals surface area (Å²) in [7, 11) is -3.47. The van der Waals surface area contributed by atoms with Crippen LogP contribution >= 0.6 is 22.9 Å². The van der Waals surface area contributed by atoms with Crippen LogP contribution in [0.5, 0.6) is 0 Å². The maximum absolute atomic E-state index is 13.3. The second-order valence-corrected chi connectivity index (χ2v) is 8.70. The molecular weight excluding hydrogens is 399 g/mol. The molecule has 5 nitrogen and oxygen atoms in total. The highest BCUT2D eigenvalue weighted by atomic mass is 35.5. The van der Waals surface area contributed by atoms with E-state index in [1.54, 1.807) is 17.5 Å². The van der Waals surface area contributed by atoms with Crippen molar-refractivity contribution in [2.45, 2.75) is 4.90 Å². The van der Waals surface area contributed by atoms with Gasteiger partial charge in [0, 0.05) is 17.2 Å². The van der Waals surface area contributed by atoms with Crippen LogP contribution in [0, 0.1) is 5.82 Å². The number of nitrogens with one attached hydrogen (secondary N) is 1. The Morgan fingerprint density at radius 2 is 2.00 bits per heavy atom. The SMILES string of the molecule is CS(=O)(=O)c1ccc(Cl)c(C(=O)Nc2nc(-c3cccc(F)c3)cs2)c1. The maximum atomic E-state index is 13.3. The Balaban J connectivity index is 1.85. The number of aromatic nitrogens is 1. The Kier molecular flexibility index (Phi) is 5.08. The lowest BCUT2D eigenvalue weighted by Crippen LogP contribution is -2.13. The van der Waals surface area contributed by atoms with Gasteiger partial charge in [-0.05, 0) is 30.3 Å². The van der Waals surface area contributed by atoms with Crippen LogP contribution in [-0.4, -0.2) is 25.6 Å². The molecule has 134 valence electrons. The van der Waals surface area contributed by atoms with Gasteiger partial charge in [0.25, 0.3) is 5.91 Å². The van der Waals surface area contributed by atoms with Gasteiger partial charge in [-0.1, -0.05) is 23.7 Å². The van der Waals surface area contributed by atoms with Crippen molar-refractivity contribution >= 4 is 43.8 Å². The van der Waals surface area contributed by atoms with Crippen LogP contribution in [0.15, 0.2) is 52.7 Å². The van der Waals surface area contributed by atoms with Crippen molar-refractivity contribution in [3.05, 3.63) is 64.2 Å². The van der Waals surface area contributed by atoms with Crippen LogP contribution in [0.2, 0.25) is 5.02 Å². The van der Waals surface area contributed by atoms with Crippen LogP contribution in [0.3, 0.4) is 0 Å². The van der Waals surface area contributed by atoms with E-state index in [2.05, 4.69) is 10.3 Å². The van der Waals surface area contributed by atoms with E-state index in [9.17, 15) is 17.6 Å². The largest absolute Gasteiger partial charge is 0.298 e. The van der Waals surface area contributed by atoms with Crippen molar-refractivity contribution in [1.29, 1.82) is 0 Å². The lowest BCUT2D eigenvalue weighted by Gasteiger charge is -2.06. The topological polar surface area (TPSA) is 76.1 Å². The van der Waals surface area contributed by atoms with Gasteiger partial charge in [-0.25, -0.2) is 17.8 Å². The van der Waals surface area contributed by atoms with Gasteiger partial charge < -0.3 is 0 Å². The molecule has 0 aliphatic rings. The van der Waals surface area contributed by atoms with E-state index >= 15 is 0 Å². The first-order valence-electron chi connectivity index (χ1n) is 7.26. The predicted molar refractivity (Wildman–Crippen MR) is 100 cm³/mol. The van der Waals surface area contributed by atoms with Crippen LogP contribution < -0.4 is 5.32 Å². The summed E-state index contributed by atoms with van der Waals surface area (Å²) in [5, 5.41) is 4.67. The zero-order valence-corrected chi connectivity index (χ0v) is 15.8. The third kappa shape index (κ3) is 4.09. The molecule has 0 saturated heterocycles. The highest BCUT2D eigenvalue weighted by Gasteiger charge is 2.17. The molecule has 0 fully saturated rings. The summed E-state index contributed by atoms with van der Waals surface area (Å²) < 4.78 is 36.6. The lowest BCUT2D eigenvalue weighted by molar-refractivity contribution is 0.102. The van der Waals surface area contributed by atoms with Gasteiger partial charge in [-0.15, -0.1) is 11.3 Å². The first kappa shape index (κ1) is 18.5. The van der Waals surface area contributed by atoms with E-state index in [0.29, 0.717) is 11.3 Å². The number of carbonyl (C=O) groups excluding carboxylic acids is 1. The maximum Gasteiger partial charge on any atom is 0.259 e. The molecule has 1 heterocycles. The summed E-state index contributed by atoms with van der Waals surface area (Å²) in [6.45, 7) is 0. The molecule has 0 atom stereocenters. The zero-order chi connectivity index (χ0) is 18.9. The van der Waals surface area contributed by atoms with Gasteiger partial charge in [0.15, 0.2) is 15.0 Å². The minimum absolute atomic E-state index is 0.00774. The molecule has 3 rings (SSSR count). The van der Waals surface area contributed by atoms with Gasteiger partial charge in [-0.2, -0.15) is 0 Å². The Bertz CT molecular complexity index is 1100. The van der Waals surface area contributed by atoms with Crippen LogP contribution in [0.4, 0.5) is 9.52 Å². The molecule has 0 aliphatic carbocycles. The van der Waals surface area contributed by atoms with Gasteiger partial charge in [0.2, 0.25) is 0 Å². The number of thiazole rings is 1. The second-order valence-electron chi connectivity index (χ2n) is 5.42. The van der Waals surface area contributed by atoms with Crippen molar-refractivity contribution in [2.75, 3.05) is 11.6 Å². The number of hydrogen-bond acceptors (Lipinski definition) is 5. The van der Waals surface area contributed by atoms with E-state index in [1.807, 2.05) is 0 Å². The Morgan fingerprint density at radius 3 is 2.69 bits per heavy atom. The number of sulfone groups is 1. The average molecular weight is 411 g/mol. The monoisotopic (exact) mass is 410 g/mol. The lowest BCUT2D eigenvalue weighted by atomic mass is 10.2. The molecule has 2 aromatic carbocycles. The fourth-order valence-electron chi connectivity index (χ4n) is 2.19. The molecule has 0 radical (unpaired) electrons. The van der Waals surface area contributed by atoms with Crippen LogP contribution in [-0.2, 0) is 9.84 Å². The number of nitrogens with zero attached hydrogens (tertiary/aromatic N) is 1. The minimum atomic E-state index is -3.47. The molecule has 0 aliphatic heterocycles. The molecule has 1 N–H and O–H groups in total. The number of carbonyl (C=O) groups is 1. The summed E-state index contributed by atoms with van der Waals surface area (Å²) in [5.41, 5.74) is 1.12. The standard InChI is InChI=1S/C17H12ClFN2O3S2/c1-26(23,24)12-5-6-14(18)13(8-12)16(22)21-17-20-15(9-25-17)10-3-2-4-11(19)7-10/h2-9H,1H3,(H,20,21,22). The fourth-order valence-corrected chi connectivity index (χ4v) is 3.75. The molecule has 1 amide bonds. The number of hydrogen-bond donors (Lipinski definition) is 1. The molecular formula is C17H12ClFN2O3S2. The number of halogens is 2. The van der Waals surface area contributed by atoms with Crippen molar-refractivity contribution in [3.8, 4) is 11.3 Å². The van der Waals surface area contributed by atoms with Gasteiger partial charge >= 0.3 is 0 Å². The molecule has 3 aromatic rings. The molecule has 26 heavy (non-hydrogen) atoms. The summed E-state index contributed by atoms with van der Waals surface area (Å²) in [4.78, 5) is 16.7. The Morgan fingerprint density at radius 1 is 1.23 bits per heavy atom. The van der Waals surface area contributed by atoms with Crippen LogP contribution in [0.1, 0.15) is 10.4 Å². The number of rotatable bonds is 4. The van der Waals surface area contributed by atoms with Crippen molar-refractivity contribution in [3.63, 3.8) is 0 Å².